The third-order valence-electron chi connectivity index (χ3n) is 2.58. The van der Waals surface area contributed by atoms with E-state index < -0.39 is 17.5 Å². The number of carbonyl (C=O) groups excluding carboxylic acids is 2. The fourth-order valence-corrected chi connectivity index (χ4v) is 1.65. The van der Waals surface area contributed by atoms with Gasteiger partial charge in [-0.2, -0.15) is 0 Å². The van der Waals surface area contributed by atoms with E-state index in [2.05, 4.69) is 0 Å². The smallest absolute Gasteiger partial charge is 0.317 e. The number of rotatable bonds is 5. The highest BCUT2D eigenvalue weighted by atomic mass is 16.6. The summed E-state index contributed by atoms with van der Waals surface area (Å²) in [6.45, 7) is 9.29. The lowest BCUT2D eigenvalue weighted by atomic mass is 9.99. The highest BCUT2D eigenvalue weighted by Gasteiger charge is 2.28. The van der Waals surface area contributed by atoms with Crippen molar-refractivity contribution in [3.63, 3.8) is 0 Å². The molecule has 0 N–H and O–H groups in total. The van der Waals surface area contributed by atoms with Crippen LogP contribution in [0.4, 0.5) is 0 Å². The zero-order valence-electron chi connectivity index (χ0n) is 12.7. The van der Waals surface area contributed by atoms with Gasteiger partial charge in [0.25, 0.3) is 0 Å². The maximum Gasteiger partial charge on any atom is 0.317 e. The van der Waals surface area contributed by atoms with Crippen LogP contribution in [0.3, 0.4) is 0 Å². The van der Waals surface area contributed by atoms with E-state index in [0.717, 1.165) is 0 Å². The zero-order valence-corrected chi connectivity index (χ0v) is 12.7. The molecule has 0 aliphatic heterocycles. The van der Waals surface area contributed by atoms with Crippen molar-refractivity contribution in [2.24, 2.45) is 5.92 Å². The second-order valence-corrected chi connectivity index (χ2v) is 5.58. The molecule has 4 nitrogen and oxygen atoms in total. The van der Waals surface area contributed by atoms with Gasteiger partial charge in [-0.05, 0) is 46.8 Å². The Morgan fingerprint density at radius 2 is 1.90 bits per heavy atom. The third kappa shape index (κ3) is 4.68. The number of benzene rings is 1. The number of Topliss-reactive ketones (excluding diaryl/α,β-unsaturated/α-hetero) is 1. The number of ketones is 1. The molecule has 1 unspecified atom stereocenters. The van der Waals surface area contributed by atoms with Gasteiger partial charge in [0.05, 0.1) is 6.61 Å². The van der Waals surface area contributed by atoms with Crippen LogP contribution in [-0.2, 0) is 9.53 Å². The van der Waals surface area contributed by atoms with Crippen molar-refractivity contribution >= 4 is 11.8 Å². The predicted octanol–water partition coefficient (Wildman–Crippen LogP) is 3.25. The summed E-state index contributed by atoms with van der Waals surface area (Å²) in [4.78, 5) is 24.2. The van der Waals surface area contributed by atoms with Crippen LogP contribution in [-0.4, -0.2) is 24.0 Å². The Bertz CT molecular complexity index is 485. The maximum atomic E-state index is 12.3. The van der Waals surface area contributed by atoms with Crippen LogP contribution in [0.1, 0.15) is 45.0 Å². The zero-order chi connectivity index (χ0) is 15.3. The van der Waals surface area contributed by atoms with Crippen LogP contribution in [0, 0.1) is 5.92 Å². The molecule has 0 heterocycles. The lowest BCUT2D eigenvalue weighted by Crippen LogP contribution is -2.31. The Balaban J connectivity index is 2.83. The molecule has 4 heteroatoms. The molecule has 0 bridgehead atoms. The van der Waals surface area contributed by atoms with Crippen LogP contribution in [0.2, 0.25) is 0 Å². The molecule has 0 radical (unpaired) electrons. The molecule has 20 heavy (non-hydrogen) atoms. The molecule has 1 rings (SSSR count). The summed E-state index contributed by atoms with van der Waals surface area (Å²) >= 11 is 0. The molecule has 1 atom stereocenters. The summed E-state index contributed by atoms with van der Waals surface area (Å²) in [5.41, 5.74) is -0.145. The lowest BCUT2D eigenvalue weighted by Gasteiger charge is -2.21. The lowest BCUT2D eigenvalue weighted by molar-refractivity contribution is -0.157. The van der Waals surface area contributed by atoms with Crippen molar-refractivity contribution in [2.45, 2.75) is 40.2 Å². The van der Waals surface area contributed by atoms with E-state index in [1.807, 2.05) is 6.92 Å². The average Bonchev–Trinajstić information content (AvgIpc) is 2.35. The summed E-state index contributed by atoms with van der Waals surface area (Å²) < 4.78 is 10.6. The summed E-state index contributed by atoms with van der Waals surface area (Å²) in [7, 11) is 0. The van der Waals surface area contributed by atoms with Gasteiger partial charge in [-0.1, -0.05) is 12.1 Å². The van der Waals surface area contributed by atoms with Crippen molar-refractivity contribution in [1.29, 1.82) is 0 Å². The van der Waals surface area contributed by atoms with Crippen LogP contribution in [0.15, 0.2) is 24.3 Å². The highest BCUT2D eigenvalue weighted by Crippen LogP contribution is 2.19. The maximum absolute atomic E-state index is 12.3. The van der Waals surface area contributed by atoms with Gasteiger partial charge in [0.2, 0.25) is 0 Å². The van der Waals surface area contributed by atoms with Crippen LogP contribution < -0.4 is 4.74 Å². The molecule has 1 aromatic carbocycles. The summed E-state index contributed by atoms with van der Waals surface area (Å²) in [5, 5.41) is 0. The molecule has 0 amide bonds. The number of hydrogen-bond donors (Lipinski definition) is 0. The van der Waals surface area contributed by atoms with Crippen molar-refractivity contribution < 1.29 is 19.1 Å². The van der Waals surface area contributed by atoms with E-state index in [0.29, 0.717) is 17.9 Å². The highest BCUT2D eigenvalue weighted by molar-refractivity contribution is 6.08. The second-order valence-electron chi connectivity index (χ2n) is 5.58. The minimum absolute atomic E-state index is 0.263. The van der Waals surface area contributed by atoms with Gasteiger partial charge in [-0.15, -0.1) is 0 Å². The van der Waals surface area contributed by atoms with Crippen molar-refractivity contribution in [2.75, 3.05) is 6.61 Å². The Kier molecular flexibility index (Phi) is 5.31. The van der Waals surface area contributed by atoms with E-state index in [-0.39, 0.29) is 5.78 Å². The topological polar surface area (TPSA) is 52.6 Å². The Hall–Kier alpha value is -1.84. The largest absolute Gasteiger partial charge is 0.494 e. The first-order chi connectivity index (χ1) is 9.24. The average molecular weight is 278 g/mol. The molecule has 0 saturated carbocycles. The van der Waals surface area contributed by atoms with Crippen LogP contribution >= 0.6 is 0 Å². The van der Waals surface area contributed by atoms with Gasteiger partial charge < -0.3 is 9.47 Å². The van der Waals surface area contributed by atoms with E-state index in [4.69, 9.17) is 9.47 Å². The van der Waals surface area contributed by atoms with Crippen molar-refractivity contribution in [3.05, 3.63) is 29.8 Å². The number of esters is 1. The van der Waals surface area contributed by atoms with Gasteiger partial charge in [0.15, 0.2) is 5.78 Å². The van der Waals surface area contributed by atoms with Crippen LogP contribution in [0.25, 0.3) is 0 Å². The monoisotopic (exact) mass is 278 g/mol. The quantitative estimate of drug-likeness (QED) is 0.471. The van der Waals surface area contributed by atoms with Gasteiger partial charge in [0, 0.05) is 5.56 Å². The molecule has 110 valence electrons. The Morgan fingerprint density at radius 1 is 1.25 bits per heavy atom. The van der Waals surface area contributed by atoms with Crippen molar-refractivity contribution in [1.82, 2.24) is 0 Å². The van der Waals surface area contributed by atoms with Crippen LogP contribution in [0.5, 0.6) is 5.75 Å². The summed E-state index contributed by atoms with van der Waals surface area (Å²) in [6.07, 6.45) is 0. The molecule has 0 aliphatic carbocycles. The first-order valence-electron chi connectivity index (χ1n) is 6.74. The number of carbonyl (C=O) groups is 2. The van der Waals surface area contributed by atoms with E-state index in [9.17, 15) is 9.59 Å². The number of hydrogen-bond acceptors (Lipinski definition) is 4. The fourth-order valence-electron chi connectivity index (χ4n) is 1.65. The molecule has 0 fully saturated rings. The second kappa shape index (κ2) is 6.55. The van der Waals surface area contributed by atoms with E-state index in [1.165, 1.54) is 0 Å². The third-order valence-corrected chi connectivity index (χ3v) is 2.58. The number of ether oxygens (including phenoxy) is 2. The fraction of sp³-hybridized carbons (Fsp3) is 0.500. The normalized spacial score (nSPS) is 12.7. The minimum Gasteiger partial charge on any atom is -0.494 e. The van der Waals surface area contributed by atoms with Gasteiger partial charge in [-0.25, -0.2) is 0 Å². The molecule has 0 saturated heterocycles. The molecule has 0 aliphatic rings. The molecule has 0 spiro atoms. The summed E-state index contributed by atoms with van der Waals surface area (Å²) in [5.74, 6) is -0.981. The summed E-state index contributed by atoms with van der Waals surface area (Å²) in [6, 6.07) is 6.83. The van der Waals surface area contributed by atoms with Gasteiger partial charge >= 0.3 is 5.97 Å². The first kappa shape index (κ1) is 16.2. The molecular formula is C16H22O4. The van der Waals surface area contributed by atoms with E-state index in [1.54, 1.807) is 52.0 Å². The SMILES string of the molecule is CCOc1cccc(C(=O)C(C)C(=O)OC(C)(C)C)c1. The molecule has 0 aromatic heterocycles. The van der Waals surface area contributed by atoms with E-state index >= 15 is 0 Å². The standard InChI is InChI=1S/C16H22O4/c1-6-19-13-9-7-8-12(10-13)14(17)11(2)15(18)20-16(3,4)5/h7-11H,6H2,1-5H3. The van der Waals surface area contributed by atoms with Gasteiger partial charge in [-0.3, -0.25) is 9.59 Å². The van der Waals surface area contributed by atoms with Crippen molar-refractivity contribution in [3.8, 4) is 5.75 Å². The molecule has 1 aromatic rings. The van der Waals surface area contributed by atoms with Gasteiger partial charge in [0.1, 0.15) is 17.3 Å². The Morgan fingerprint density at radius 3 is 2.45 bits per heavy atom. The Labute approximate surface area is 120 Å². The minimum atomic E-state index is -0.828. The molecular weight excluding hydrogens is 256 g/mol. The first-order valence-corrected chi connectivity index (χ1v) is 6.74. The predicted molar refractivity (Wildman–Crippen MR) is 77.0 cm³/mol.